The molecule has 4 aliphatic heterocycles. The summed E-state index contributed by atoms with van der Waals surface area (Å²) in [5, 5.41) is 11.3. The maximum atomic E-state index is 16.9. The number of nitrogens with zero attached hydrogens (tertiary/aromatic N) is 5. The summed E-state index contributed by atoms with van der Waals surface area (Å²) in [5.41, 5.74) is -1.02. The summed E-state index contributed by atoms with van der Waals surface area (Å²) < 4.78 is 66.9. The molecule has 0 radical (unpaired) electrons. The summed E-state index contributed by atoms with van der Waals surface area (Å²) >= 11 is 0. The SMILES string of the molecule is [2H]c1cc2cc(O)cc(-c3nc4c5c(nc(OC[C@@]67CCCN6C[C@H](F)C7)nc5c3F)N3CCCC[C@H]3CO4)c2c(C#C)c1F. The Morgan fingerprint density at radius 3 is 2.93 bits per heavy atom. The van der Waals surface area contributed by atoms with Crippen LogP contribution >= 0.6 is 0 Å². The van der Waals surface area contributed by atoms with Crippen LogP contribution in [0.1, 0.15) is 45.5 Å². The third-order valence-corrected chi connectivity index (χ3v) is 9.63. The molecule has 2 aromatic heterocycles. The van der Waals surface area contributed by atoms with Crippen molar-refractivity contribution in [1.82, 2.24) is 19.9 Å². The van der Waals surface area contributed by atoms with Gasteiger partial charge in [-0.3, -0.25) is 4.90 Å². The average molecular weight is 603 g/mol. The molecule has 0 amide bonds. The Morgan fingerprint density at radius 2 is 2.07 bits per heavy atom. The van der Waals surface area contributed by atoms with Gasteiger partial charge in [0.05, 0.1) is 18.5 Å². The predicted molar refractivity (Wildman–Crippen MR) is 159 cm³/mol. The predicted octanol–water partition coefficient (Wildman–Crippen LogP) is 5.52. The second-order valence-electron chi connectivity index (χ2n) is 12.2. The molecule has 8 rings (SSSR count). The van der Waals surface area contributed by atoms with Crippen LogP contribution in [0, 0.1) is 24.0 Å². The highest BCUT2D eigenvalue weighted by atomic mass is 19.1. The highest BCUT2D eigenvalue weighted by Crippen LogP contribution is 2.45. The van der Waals surface area contributed by atoms with Crippen LogP contribution in [0.2, 0.25) is 0 Å². The van der Waals surface area contributed by atoms with Gasteiger partial charge in [0, 0.05) is 30.5 Å². The van der Waals surface area contributed by atoms with Crippen molar-refractivity contribution in [3.8, 4) is 41.2 Å². The lowest BCUT2D eigenvalue weighted by molar-refractivity contribution is 0.107. The first-order valence-electron chi connectivity index (χ1n) is 15.5. The molecule has 6 heterocycles. The van der Waals surface area contributed by atoms with Crippen LogP contribution in [0.5, 0.6) is 17.6 Å². The summed E-state index contributed by atoms with van der Waals surface area (Å²) in [4.78, 5) is 18.1. The van der Waals surface area contributed by atoms with Gasteiger partial charge in [-0.25, -0.2) is 18.2 Å². The largest absolute Gasteiger partial charge is 0.508 e. The van der Waals surface area contributed by atoms with Gasteiger partial charge < -0.3 is 19.5 Å². The Balaban J connectivity index is 1.34. The number of piperidine rings is 1. The molecule has 0 unspecified atom stereocenters. The number of pyridine rings is 1. The zero-order valence-corrected chi connectivity index (χ0v) is 23.9. The minimum Gasteiger partial charge on any atom is -0.508 e. The first kappa shape index (κ1) is 26.1. The van der Waals surface area contributed by atoms with E-state index in [1.54, 1.807) is 0 Å². The highest BCUT2D eigenvalue weighted by Gasteiger charge is 2.49. The van der Waals surface area contributed by atoms with Gasteiger partial charge in [0.15, 0.2) is 5.82 Å². The zero-order chi connectivity index (χ0) is 31.0. The molecule has 1 N–H and O–H groups in total. The number of hydrogen-bond donors (Lipinski definition) is 1. The van der Waals surface area contributed by atoms with Crippen LogP contribution in [0.15, 0.2) is 24.2 Å². The summed E-state index contributed by atoms with van der Waals surface area (Å²) in [6.07, 6.45) is 9.61. The minimum absolute atomic E-state index is 0.0288. The fourth-order valence-corrected chi connectivity index (χ4v) is 7.62. The highest BCUT2D eigenvalue weighted by molar-refractivity contribution is 6.04. The summed E-state index contributed by atoms with van der Waals surface area (Å²) in [5.74, 6) is 0.816. The molecule has 0 saturated carbocycles. The second kappa shape index (κ2) is 10.1. The zero-order valence-electron chi connectivity index (χ0n) is 24.9. The Labute approximate surface area is 253 Å². The molecule has 0 bridgehead atoms. The van der Waals surface area contributed by atoms with E-state index in [4.69, 9.17) is 22.3 Å². The maximum absolute atomic E-state index is 16.9. The van der Waals surface area contributed by atoms with Crippen molar-refractivity contribution < 1.29 is 29.1 Å². The van der Waals surface area contributed by atoms with E-state index in [9.17, 15) is 9.50 Å². The monoisotopic (exact) mass is 602 g/mol. The first-order chi connectivity index (χ1) is 21.8. The third-order valence-electron chi connectivity index (χ3n) is 9.63. The third kappa shape index (κ3) is 4.14. The molecule has 0 spiro atoms. The lowest BCUT2D eigenvalue weighted by Crippen LogP contribution is -2.44. The smallest absolute Gasteiger partial charge is 0.319 e. The van der Waals surface area contributed by atoms with Crippen molar-refractivity contribution >= 4 is 27.5 Å². The van der Waals surface area contributed by atoms with Crippen molar-refractivity contribution in [1.29, 1.82) is 0 Å². The number of halogens is 3. The molecular weight excluding hydrogens is 571 g/mol. The normalized spacial score (nSPS) is 24.9. The number of hydrogen-bond acceptors (Lipinski definition) is 8. The topological polar surface area (TPSA) is 83.8 Å². The average Bonchev–Trinajstić information content (AvgIpc) is 3.50. The van der Waals surface area contributed by atoms with Gasteiger partial charge in [-0.2, -0.15) is 9.97 Å². The molecule has 11 heteroatoms. The van der Waals surface area contributed by atoms with E-state index in [2.05, 4.69) is 25.7 Å². The Bertz CT molecular complexity index is 1940. The van der Waals surface area contributed by atoms with E-state index in [-0.39, 0.29) is 70.0 Å². The van der Waals surface area contributed by atoms with E-state index in [0.717, 1.165) is 38.6 Å². The minimum atomic E-state index is -0.938. The summed E-state index contributed by atoms with van der Waals surface area (Å²) in [6, 6.07) is 3.30. The molecule has 8 nitrogen and oxygen atoms in total. The number of fused-ring (bicyclic) bond motifs is 4. The van der Waals surface area contributed by atoms with Crippen LogP contribution in [0.25, 0.3) is 32.9 Å². The van der Waals surface area contributed by atoms with Crippen LogP contribution in [-0.4, -0.2) is 75.6 Å². The van der Waals surface area contributed by atoms with Crippen molar-refractivity contribution in [2.45, 2.75) is 56.3 Å². The number of phenols is 1. The number of rotatable bonds is 4. The van der Waals surface area contributed by atoms with E-state index < -0.39 is 29.4 Å². The Morgan fingerprint density at radius 1 is 1.18 bits per heavy atom. The number of terminal acetylenes is 1. The van der Waals surface area contributed by atoms with Gasteiger partial charge in [0.25, 0.3) is 0 Å². The number of ether oxygens (including phenoxy) is 2. The Hall–Kier alpha value is -4.30. The van der Waals surface area contributed by atoms with Crippen LogP contribution in [0.3, 0.4) is 0 Å². The summed E-state index contributed by atoms with van der Waals surface area (Å²) in [6.45, 7) is 2.30. The first-order valence-corrected chi connectivity index (χ1v) is 15.0. The molecule has 3 atom stereocenters. The van der Waals surface area contributed by atoms with Crippen LogP contribution < -0.4 is 14.4 Å². The van der Waals surface area contributed by atoms with Crippen LogP contribution in [-0.2, 0) is 0 Å². The summed E-state index contributed by atoms with van der Waals surface area (Å²) in [7, 11) is 0. The van der Waals surface area contributed by atoms with E-state index in [0.29, 0.717) is 30.7 Å². The maximum Gasteiger partial charge on any atom is 0.319 e. The second-order valence-corrected chi connectivity index (χ2v) is 12.2. The quantitative estimate of drug-likeness (QED) is 0.306. The lowest BCUT2D eigenvalue weighted by Gasteiger charge is -2.35. The number of aromatic nitrogens is 3. The molecule has 0 aliphatic carbocycles. The number of anilines is 1. The van der Waals surface area contributed by atoms with Gasteiger partial charge in [0.1, 0.15) is 53.4 Å². The molecule has 3 saturated heterocycles. The van der Waals surface area contributed by atoms with Gasteiger partial charge in [-0.05, 0) is 62.2 Å². The van der Waals surface area contributed by atoms with E-state index >= 15 is 8.78 Å². The Kier molecular flexibility index (Phi) is 6.01. The number of aromatic hydroxyl groups is 1. The molecule has 3 fully saturated rings. The lowest BCUT2D eigenvalue weighted by atomic mass is 9.95. The number of alkyl halides is 1. The van der Waals surface area contributed by atoms with Gasteiger partial charge >= 0.3 is 6.01 Å². The van der Waals surface area contributed by atoms with Gasteiger partial charge in [0.2, 0.25) is 5.88 Å². The van der Waals surface area contributed by atoms with Gasteiger partial charge in [-0.1, -0.05) is 12.0 Å². The fraction of sp³-hybridized carbons (Fsp3) is 0.424. The van der Waals surface area contributed by atoms with E-state index in [1.807, 2.05) is 0 Å². The molecule has 44 heavy (non-hydrogen) atoms. The van der Waals surface area contributed by atoms with E-state index in [1.165, 1.54) is 18.2 Å². The fourth-order valence-electron chi connectivity index (χ4n) is 7.62. The number of phenolic OH excluding ortho intramolecular Hbond substituents is 1. The van der Waals surface area contributed by atoms with Gasteiger partial charge in [-0.15, -0.1) is 6.42 Å². The number of benzene rings is 2. The molecule has 2 aromatic carbocycles. The van der Waals surface area contributed by atoms with Crippen molar-refractivity contribution in [3.05, 3.63) is 41.4 Å². The van der Waals surface area contributed by atoms with Crippen molar-refractivity contribution in [3.63, 3.8) is 0 Å². The van der Waals surface area contributed by atoms with Crippen molar-refractivity contribution in [2.75, 3.05) is 37.7 Å². The van der Waals surface area contributed by atoms with Crippen LogP contribution in [0.4, 0.5) is 19.0 Å². The molecular formula is C33H30F3N5O3. The molecule has 4 aliphatic rings. The molecule has 4 aromatic rings. The molecule has 226 valence electrons. The van der Waals surface area contributed by atoms with Crippen molar-refractivity contribution in [2.24, 2.45) is 0 Å². The standard InChI is InChI=1S/C33H30F3N5O3/c1-2-22-24(35)8-7-18-12-21(42)13-23(25(18)22)28-27(36)29-26-30(41-11-4-3-6-20(41)16-43-31(26)37-28)39-32(38-29)44-17-33-9-5-10-40(33)15-19(34)14-33/h1,7-8,12-13,19-20,42H,3-6,9-11,14-17H2/t19-,20+,33+/m1/s1/i8D.